The lowest BCUT2D eigenvalue weighted by molar-refractivity contribution is -0.145. The van der Waals surface area contributed by atoms with Gasteiger partial charge in [-0.15, -0.1) is 0 Å². The summed E-state index contributed by atoms with van der Waals surface area (Å²) >= 11 is 0. The van der Waals surface area contributed by atoms with Crippen LogP contribution in [0.4, 0.5) is 4.39 Å². The van der Waals surface area contributed by atoms with Gasteiger partial charge in [-0.3, -0.25) is 0 Å². The summed E-state index contributed by atoms with van der Waals surface area (Å²) in [5, 5.41) is 3.09. The molecule has 0 aliphatic rings. The summed E-state index contributed by atoms with van der Waals surface area (Å²) in [6.45, 7) is 4.82. The molecule has 1 aromatic rings. The van der Waals surface area contributed by atoms with Gasteiger partial charge in [-0.05, 0) is 37.6 Å². The minimum absolute atomic E-state index is 0.313. The number of hydrogen-bond donors (Lipinski definition) is 1. The van der Waals surface area contributed by atoms with Crippen molar-refractivity contribution < 1.29 is 13.9 Å². The predicted octanol–water partition coefficient (Wildman–Crippen LogP) is 2.43. The second kappa shape index (κ2) is 7.01. The fourth-order valence-corrected chi connectivity index (χ4v) is 1.51. The van der Waals surface area contributed by atoms with Crippen LogP contribution in [0.5, 0.6) is 0 Å². The number of hydrogen-bond acceptors (Lipinski definition) is 3. The molecule has 4 heteroatoms. The van der Waals surface area contributed by atoms with Crippen LogP contribution in [0.3, 0.4) is 0 Å². The van der Waals surface area contributed by atoms with Crippen molar-refractivity contribution in [2.24, 2.45) is 0 Å². The average molecular weight is 239 g/mol. The van der Waals surface area contributed by atoms with E-state index in [4.69, 9.17) is 4.74 Å². The van der Waals surface area contributed by atoms with Gasteiger partial charge in [-0.2, -0.15) is 0 Å². The second-order valence-electron chi connectivity index (χ2n) is 3.69. The van der Waals surface area contributed by atoms with E-state index in [-0.39, 0.29) is 11.8 Å². The minimum atomic E-state index is -0.518. The maximum atomic E-state index is 12.8. The molecule has 1 aromatic carbocycles. The van der Waals surface area contributed by atoms with Gasteiger partial charge in [-0.1, -0.05) is 19.1 Å². The highest BCUT2D eigenvalue weighted by Crippen LogP contribution is 2.15. The zero-order valence-electron chi connectivity index (χ0n) is 10.2. The van der Waals surface area contributed by atoms with Gasteiger partial charge in [0.25, 0.3) is 0 Å². The number of benzene rings is 1. The van der Waals surface area contributed by atoms with Crippen LogP contribution < -0.4 is 5.32 Å². The van der Waals surface area contributed by atoms with Gasteiger partial charge in [0.05, 0.1) is 6.61 Å². The predicted molar refractivity (Wildman–Crippen MR) is 64.1 cm³/mol. The van der Waals surface area contributed by atoms with Gasteiger partial charge in [0.1, 0.15) is 11.9 Å². The molecule has 0 radical (unpaired) electrons. The zero-order chi connectivity index (χ0) is 12.7. The van der Waals surface area contributed by atoms with Crippen LogP contribution in [0.2, 0.25) is 0 Å². The summed E-state index contributed by atoms with van der Waals surface area (Å²) in [5.74, 6) is -0.639. The molecule has 1 unspecified atom stereocenters. The van der Waals surface area contributed by atoms with Crippen molar-refractivity contribution >= 4 is 5.97 Å². The molecule has 1 atom stereocenters. The molecule has 3 nitrogen and oxygen atoms in total. The van der Waals surface area contributed by atoms with Crippen LogP contribution in [-0.2, 0) is 9.53 Å². The molecule has 0 aliphatic heterocycles. The molecular weight excluding hydrogens is 221 g/mol. The summed E-state index contributed by atoms with van der Waals surface area (Å²) in [6.07, 6.45) is 0.914. The van der Waals surface area contributed by atoms with Crippen LogP contribution in [0, 0.1) is 5.82 Å². The molecule has 0 bridgehead atoms. The summed E-state index contributed by atoms with van der Waals surface area (Å²) in [4.78, 5) is 11.8. The van der Waals surface area contributed by atoms with Crippen molar-refractivity contribution in [1.29, 1.82) is 0 Å². The highest BCUT2D eigenvalue weighted by molar-refractivity contribution is 5.77. The molecule has 1 rings (SSSR count). The third-order valence-electron chi connectivity index (χ3n) is 2.32. The highest BCUT2D eigenvalue weighted by atomic mass is 19.1. The van der Waals surface area contributed by atoms with Gasteiger partial charge in [-0.25, -0.2) is 9.18 Å². The second-order valence-corrected chi connectivity index (χ2v) is 3.69. The van der Waals surface area contributed by atoms with Crippen LogP contribution in [-0.4, -0.2) is 19.1 Å². The summed E-state index contributed by atoms with van der Waals surface area (Å²) in [6, 6.07) is 5.36. The number of nitrogens with one attached hydrogen (secondary N) is 1. The molecule has 0 saturated carbocycles. The van der Waals surface area contributed by atoms with E-state index in [2.05, 4.69) is 5.32 Å². The third kappa shape index (κ3) is 4.15. The third-order valence-corrected chi connectivity index (χ3v) is 2.32. The molecule has 1 N–H and O–H groups in total. The van der Waals surface area contributed by atoms with Crippen molar-refractivity contribution in [2.45, 2.75) is 26.3 Å². The van der Waals surface area contributed by atoms with Crippen LogP contribution >= 0.6 is 0 Å². The fourth-order valence-electron chi connectivity index (χ4n) is 1.51. The zero-order valence-corrected chi connectivity index (χ0v) is 10.2. The number of rotatable bonds is 6. The normalized spacial score (nSPS) is 12.2. The van der Waals surface area contributed by atoms with Crippen molar-refractivity contribution in [1.82, 2.24) is 5.32 Å². The Bertz CT molecular complexity index is 351. The molecule has 0 aliphatic carbocycles. The SMILES string of the molecule is CCCNC(C(=O)OCC)c1ccc(F)cc1. The first-order valence-corrected chi connectivity index (χ1v) is 5.84. The lowest BCUT2D eigenvalue weighted by Crippen LogP contribution is -2.30. The Morgan fingerprint density at radius 2 is 2.00 bits per heavy atom. The van der Waals surface area contributed by atoms with E-state index in [0.717, 1.165) is 12.0 Å². The van der Waals surface area contributed by atoms with E-state index >= 15 is 0 Å². The molecule has 94 valence electrons. The van der Waals surface area contributed by atoms with Crippen LogP contribution in [0.1, 0.15) is 31.9 Å². The van der Waals surface area contributed by atoms with Crippen LogP contribution in [0.15, 0.2) is 24.3 Å². The number of esters is 1. The average Bonchev–Trinajstić information content (AvgIpc) is 2.32. The molecule has 0 aromatic heterocycles. The Morgan fingerprint density at radius 1 is 1.35 bits per heavy atom. The van der Waals surface area contributed by atoms with Gasteiger partial charge in [0.2, 0.25) is 0 Å². The van der Waals surface area contributed by atoms with Gasteiger partial charge in [0.15, 0.2) is 0 Å². The quantitative estimate of drug-likeness (QED) is 0.775. The lowest BCUT2D eigenvalue weighted by atomic mass is 10.1. The fraction of sp³-hybridized carbons (Fsp3) is 0.462. The molecule has 0 amide bonds. The van der Waals surface area contributed by atoms with Crippen molar-refractivity contribution in [2.75, 3.05) is 13.2 Å². The van der Waals surface area contributed by atoms with E-state index in [1.165, 1.54) is 12.1 Å². The molecular formula is C13H18FNO2. The topological polar surface area (TPSA) is 38.3 Å². The number of carbonyl (C=O) groups is 1. The van der Waals surface area contributed by atoms with Crippen LogP contribution in [0.25, 0.3) is 0 Å². The Kier molecular flexibility index (Phi) is 5.63. The van der Waals surface area contributed by atoms with E-state index in [1.807, 2.05) is 6.92 Å². The molecule has 0 heterocycles. The standard InChI is InChI=1S/C13H18FNO2/c1-3-9-15-12(13(16)17-4-2)10-5-7-11(14)8-6-10/h5-8,12,15H,3-4,9H2,1-2H3. The van der Waals surface area contributed by atoms with Crippen molar-refractivity contribution in [3.63, 3.8) is 0 Å². The monoisotopic (exact) mass is 239 g/mol. The van der Waals surface area contributed by atoms with Gasteiger partial charge >= 0.3 is 5.97 Å². The molecule has 0 fully saturated rings. The Balaban J connectivity index is 2.81. The minimum Gasteiger partial charge on any atom is -0.465 e. The molecule has 0 saturated heterocycles. The molecule has 17 heavy (non-hydrogen) atoms. The van der Waals surface area contributed by atoms with E-state index in [1.54, 1.807) is 19.1 Å². The first-order valence-electron chi connectivity index (χ1n) is 5.84. The first-order chi connectivity index (χ1) is 8.19. The van der Waals surface area contributed by atoms with Crippen molar-refractivity contribution in [3.05, 3.63) is 35.6 Å². The number of halogens is 1. The maximum Gasteiger partial charge on any atom is 0.327 e. The van der Waals surface area contributed by atoms with Gasteiger partial charge < -0.3 is 10.1 Å². The summed E-state index contributed by atoms with van der Waals surface area (Å²) in [7, 11) is 0. The van der Waals surface area contributed by atoms with Gasteiger partial charge in [0, 0.05) is 0 Å². The Hall–Kier alpha value is -1.42. The first kappa shape index (κ1) is 13.6. The van der Waals surface area contributed by atoms with E-state index in [0.29, 0.717) is 13.2 Å². The molecule has 0 spiro atoms. The number of carbonyl (C=O) groups excluding carboxylic acids is 1. The van der Waals surface area contributed by atoms with Crippen molar-refractivity contribution in [3.8, 4) is 0 Å². The maximum absolute atomic E-state index is 12.8. The smallest absolute Gasteiger partial charge is 0.327 e. The largest absolute Gasteiger partial charge is 0.465 e. The lowest BCUT2D eigenvalue weighted by Gasteiger charge is -2.17. The Morgan fingerprint density at radius 3 is 2.53 bits per heavy atom. The summed E-state index contributed by atoms with van der Waals surface area (Å²) in [5.41, 5.74) is 0.721. The number of ether oxygens (including phenoxy) is 1. The highest BCUT2D eigenvalue weighted by Gasteiger charge is 2.20. The Labute approximate surface area is 101 Å². The van der Waals surface area contributed by atoms with E-state index in [9.17, 15) is 9.18 Å². The van der Waals surface area contributed by atoms with E-state index < -0.39 is 6.04 Å². The summed E-state index contributed by atoms with van der Waals surface area (Å²) < 4.78 is 17.8.